The Bertz CT molecular complexity index is 299. The Kier molecular flexibility index (Phi) is 2.49. The van der Waals surface area contributed by atoms with Gasteiger partial charge in [-0.15, -0.1) is 0 Å². The first kappa shape index (κ1) is 12.2. The smallest absolute Gasteiger partial charge is 0.155 e. The third-order valence-corrected chi connectivity index (χ3v) is 2.82. The molecule has 15 heavy (non-hydrogen) atoms. The van der Waals surface area contributed by atoms with Crippen molar-refractivity contribution in [3.8, 4) is 0 Å². The van der Waals surface area contributed by atoms with Gasteiger partial charge in [0.05, 0.1) is 16.5 Å². The maximum Gasteiger partial charge on any atom is 0.155 e. The second-order valence-electron chi connectivity index (χ2n) is 6.40. The van der Waals surface area contributed by atoms with Crippen LogP contribution in [0.5, 0.6) is 0 Å². The van der Waals surface area contributed by atoms with Crippen molar-refractivity contribution in [1.29, 1.82) is 0 Å². The molecule has 1 N–H and O–H groups in total. The molecule has 0 aliphatic heterocycles. The van der Waals surface area contributed by atoms with Crippen molar-refractivity contribution in [2.24, 2.45) is 15.9 Å². The Hall–Kier alpha value is -0.860. The lowest BCUT2D eigenvalue weighted by Crippen LogP contribution is -2.62. The molecule has 0 amide bonds. The molecule has 1 rings (SSSR count). The number of hydrogen-bond donors (Lipinski definition) is 1. The van der Waals surface area contributed by atoms with Crippen LogP contribution >= 0.6 is 0 Å². The Labute approximate surface area is 92.3 Å². The van der Waals surface area contributed by atoms with Crippen molar-refractivity contribution in [3.63, 3.8) is 0 Å². The van der Waals surface area contributed by atoms with Crippen LogP contribution in [0.4, 0.5) is 0 Å². The van der Waals surface area contributed by atoms with E-state index in [-0.39, 0.29) is 11.3 Å². The zero-order valence-electron chi connectivity index (χ0n) is 10.9. The molecule has 1 fully saturated rings. The summed E-state index contributed by atoms with van der Waals surface area (Å²) in [5.41, 5.74) is 3.19. The first-order chi connectivity index (χ1) is 6.49. The minimum atomic E-state index is -0.401. The lowest BCUT2D eigenvalue weighted by atomic mass is 9.53. The second kappa shape index (κ2) is 3.06. The molecule has 1 saturated carbocycles. The Morgan fingerprint density at radius 3 is 1.80 bits per heavy atom. The van der Waals surface area contributed by atoms with Gasteiger partial charge in [0.1, 0.15) is 0 Å². The van der Waals surface area contributed by atoms with Gasteiger partial charge in [0.15, 0.2) is 5.78 Å². The number of nitrogens with zero attached hydrogens (tertiary/aromatic N) is 1. The number of Topliss-reactive ketones (excluding diaryl/α,β-unsaturated/α-hetero) is 1. The lowest BCUT2D eigenvalue weighted by Gasteiger charge is -2.48. The van der Waals surface area contributed by atoms with Crippen LogP contribution in [-0.2, 0) is 4.79 Å². The van der Waals surface area contributed by atoms with Crippen molar-refractivity contribution in [2.75, 3.05) is 0 Å². The van der Waals surface area contributed by atoms with Crippen molar-refractivity contribution >= 4 is 11.5 Å². The van der Waals surface area contributed by atoms with Crippen LogP contribution in [-0.4, -0.2) is 17.0 Å². The van der Waals surface area contributed by atoms with Crippen molar-refractivity contribution < 1.29 is 4.79 Å². The van der Waals surface area contributed by atoms with Crippen LogP contribution in [0, 0.1) is 10.8 Å². The number of ketones is 1. The summed E-state index contributed by atoms with van der Waals surface area (Å²) in [4.78, 5) is 11.8. The molecule has 0 radical (unpaired) electrons. The van der Waals surface area contributed by atoms with Crippen molar-refractivity contribution in [1.82, 2.24) is 5.43 Å². The van der Waals surface area contributed by atoms with E-state index < -0.39 is 10.8 Å². The molecule has 0 aromatic heterocycles. The van der Waals surface area contributed by atoms with Gasteiger partial charge in [-0.1, -0.05) is 0 Å². The molecule has 1 aliphatic rings. The highest BCUT2D eigenvalue weighted by Gasteiger charge is 2.59. The first-order valence-electron chi connectivity index (χ1n) is 5.40. The molecular formula is C12H22N2O. The molecule has 0 aromatic rings. The molecule has 0 atom stereocenters. The Morgan fingerprint density at radius 1 is 1.07 bits per heavy atom. The number of rotatable bonds is 1. The normalized spacial score (nSPS) is 23.4. The van der Waals surface area contributed by atoms with Crippen LogP contribution in [0.15, 0.2) is 5.10 Å². The third kappa shape index (κ3) is 1.92. The van der Waals surface area contributed by atoms with Gasteiger partial charge >= 0.3 is 0 Å². The lowest BCUT2D eigenvalue weighted by molar-refractivity contribution is -0.134. The van der Waals surface area contributed by atoms with Gasteiger partial charge < -0.3 is 5.43 Å². The van der Waals surface area contributed by atoms with Gasteiger partial charge in [-0.05, 0) is 48.5 Å². The van der Waals surface area contributed by atoms with E-state index in [0.29, 0.717) is 0 Å². The highest BCUT2D eigenvalue weighted by Crippen LogP contribution is 2.46. The van der Waals surface area contributed by atoms with Crippen LogP contribution in [0.1, 0.15) is 48.5 Å². The third-order valence-electron chi connectivity index (χ3n) is 2.82. The van der Waals surface area contributed by atoms with E-state index in [1.165, 1.54) is 0 Å². The van der Waals surface area contributed by atoms with Gasteiger partial charge in [-0.25, -0.2) is 0 Å². The summed E-state index contributed by atoms with van der Waals surface area (Å²) in [6.45, 7) is 13.9. The maximum atomic E-state index is 11.8. The molecule has 3 heteroatoms. The van der Waals surface area contributed by atoms with Crippen LogP contribution in [0.25, 0.3) is 0 Å². The standard InChI is InChI=1S/C12H22N2O/c1-10(2,3)14-13-8-11(4,5)9(15)12(8,6)7/h14H,1-7H3. The van der Waals surface area contributed by atoms with E-state index in [4.69, 9.17) is 0 Å². The highest BCUT2D eigenvalue weighted by molar-refractivity contribution is 6.31. The number of carbonyl (C=O) groups excluding carboxylic acids is 1. The summed E-state index contributed by atoms with van der Waals surface area (Å²) in [5.74, 6) is 0.268. The van der Waals surface area contributed by atoms with Crippen molar-refractivity contribution in [3.05, 3.63) is 0 Å². The Morgan fingerprint density at radius 2 is 1.47 bits per heavy atom. The monoisotopic (exact) mass is 210 g/mol. The summed E-state index contributed by atoms with van der Waals surface area (Å²) in [7, 11) is 0. The van der Waals surface area contributed by atoms with Crippen LogP contribution in [0.2, 0.25) is 0 Å². The number of hydrogen-bond acceptors (Lipinski definition) is 3. The van der Waals surface area contributed by atoms with Gasteiger partial charge in [-0.3, -0.25) is 4.79 Å². The molecule has 0 unspecified atom stereocenters. The molecule has 0 spiro atoms. The van der Waals surface area contributed by atoms with E-state index in [1.807, 2.05) is 27.7 Å². The summed E-state index contributed by atoms with van der Waals surface area (Å²) < 4.78 is 0. The fourth-order valence-corrected chi connectivity index (χ4v) is 2.22. The predicted molar refractivity (Wildman–Crippen MR) is 62.9 cm³/mol. The second-order valence-corrected chi connectivity index (χ2v) is 6.40. The molecule has 0 aromatic carbocycles. The molecule has 1 aliphatic carbocycles. The van der Waals surface area contributed by atoms with Crippen molar-refractivity contribution in [2.45, 2.75) is 54.0 Å². The average Bonchev–Trinajstić information content (AvgIpc) is 1.99. The zero-order chi connectivity index (χ0) is 12.1. The molecule has 3 nitrogen and oxygen atoms in total. The summed E-state index contributed by atoms with van der Waals surface area (Å²) >= 11 is 0. The fraction of sp³-hybridized carbons (Fsp3) is 0.833. The molecule has 0 bridgehead atoms. The first-order valence-corrected chi connectivity index (χ1v) is 5.40. The summed E-state index contributed by atoms with van der Waals surface area (Å²) in [6, 6.07) is 0. The number of carbonyl (C=O) groups is 1. The largest absolute Gasteiger partial charge is 0.305 e. The minimum Gasteiger partial charge on any atom is -0.305 e. The van der Waals surface area contributed by atoms with Gasteiger partial charge in [0, 0.05) is 5.54 Å². The molecular weight excluding hydrogens is 188 g/mol. The summed E-state index contributed by atoms with van der Waals surface area (Å²) in [6.07, 6.45) is 0. The Balaban J connectivity index is 2.92. The highest BCUT2D eigenvalue weighted by atomic mass is 16.1. The van der Waals surface area contributed by atoms with E-state index in [1.54, 1.807) is 0 Å². The number of nitrogens with one attached hydrogen (secondary N) is 1. The molecule has 0 heterocycles. The topological polar surface area (TPSA) is 41.5 Å². The fourth-order valence-electron chi connectivity index (χ4n) is 2.22. The van der Waals surface area contributed by atoms with Gasteiger partial charge in [-0.2, -0.15) is 5.10 Å². The quantitative estimate of drug-likeness (QED) is 0.675. The maximum absolute atomic E-state index is 11.8. The van der Waals surface area contributed by atoms with E-state index in [2.05, 4.69) is 31.3 Å². The summed E-state index contributed by atoms with van der Waals surface area (Å²) in [5, 5.41) is 4.40. The SMILES string of the molecule is CC(C)(C)NN=C1C(C)(C)C(=O)C1(C)C. The average molecular weight is 210 g/mol. The zero-order valence-corrected chi connectivity index (χ0v) is 10.9. The van der Waals surface area contributed by atoms with E-state index in [0.717, 1.165) is 5.71 Å². The number of hydrazone groups is 1. The minimum absolute atomic E-state index is 0.0577. The van der Waals surface area contributed by atoms with E-state index in [9.17, 15) is 4.79 Å². The molecule has 0 saturated heterocycles. The van der Waals surface area contributed by atoms with Crippen LogP contribution < -0.4 is 5.43 Å². The predicted octanol–water partition coefficient (Wildman–Crippen LogP) is 2.37. The van der Waals surface area contributed by atoms with Gasteiger partial charge in [0.2, 0.25) is 0 Å². The van der Waals surface area contributed by atoms with E-state index >= 15 is 0 Å². The molecule has 86 valence electrons. The van der Waals surface area contributed by atoms with Gasteiger partial charge in [0.25, 0.3) is 0 Å². The van der Waals surface area contributed by atoms with Crippen LogP contribution in [0.3, 0.4) is 0 Å².